The second kappa shape index (κ2) is 49.8. The number of aliphatic hydroxyl groups excluding tert-OH is 1. The van der Waals surface area contributed by atoms with Crippen molar-refractivity contribution in [2.75, 3.05) is 44.3 Å². The van der Waals surface area contributed by atoms with Crippen LogP contribution in [0.25, 0.3) is 21.7 Å². The molecule has 0 spiro atoms. The van der Waals surface area contributed by atoms with Crippen molar-refractivity contribution in [1.82, 2.24) is 74.1 Å². The molecule has 123 heavy (non-hydrogen) atoms. The quantitative estimate of drug-likeness (QED) is 0.0163. The number of carboxylic acid groups (broad SMARTS) is 1. The van der Waals surface area contributed by atoms with Crippen LogP contribution >= 0.6 is 11.8 Å². The summed E-state index contributed by atoms with van der Waals surface area (Å²) in [6.45, 7) is 3.54. The highest BCUT2D eigenvalue weighted by atomic mass is 32.2. The first-order valence-electron chi connectivity index (χ1n) is 40.1. The summed E-state index contributed by atoms with van der Waals surface area (Å²) in [4.78, 5) is 253. The molecule has 1 aliphatic rings. The highest BCUT2D eigenvalue weighted by Crippen LogP contribution is 2.24. The van der Waals surface area contributed by atoms with Crippen molar-refractivity contribution in [3.63, 3.8) is 0 Å². The minimum atomic E-state index is -2.03. The number of unbranched alkanes of at least 4 members (excludes halogenated alkanes) is 2. The molecule has 12 atom stereocenters. The summed E-state index contributed by atoms with van der Waals surface area (Å²) >= 11 is 0.853. The zero-order chi connectivity index (χ0) is 90.5. The van der Waals surface area contributed by atoms with Crippen LogP contribution in [-0.2, 0) is 106 Å². The van der Waals surface area contributed by atoms with Crippen LogP contribution < -0.4 is 108 Å². The van der Waals surface area contributed by atoms with Gasteiger partial charge in [-0.1, -0.05) is 72.8 Å². The Bertz CT molecular complexity index is 4590. The number of hydrogen-bond donors (Lipinski definition) is 22. The van der Waals surface area contributed by atoms with E-state index in [0.717, 1.165) is 24.1 Å². The Hall–Kier alpha value is -12.8. The van der Waals surface area contributed by atoms with Gasteiger partial charge in [0.05, 0.1) is 25.5 Å². The number of fused-ring (bicyclic) bond motifs is 2. The first-order valence-corrected chi connectivity index (χ1v) is 41.2. The number of carbonyl (C=O) groups is 18. The van der Waals surface area contributed by atoms with Crippen LogP contribution in [0.15, 0.2) is 97.2 Å². The first-order chi connectivity index (χ1) is 58.4. The molecule has 0 aliphatic carbocycles. The Kier molecular flexibility index (Phi) is 40.1. The maximum atomic E-state index is 15.8. The van der Waals surface area contributed by atoms with Crippen molar-refractivity contribution in [2.24, 2.45) is 34.4 Å². The molecule has 1 aromatic heterocycles. The molecular formula is C81H112N20O21S. The smallest absolute Gasteiger partial charge is 0.303 e. The zero-order valence-corrected chi connectivity index (χ0v) is 69.4. The van der Waals surface area contributed by atoms with Gasteiger partial charge >= 0.3 is 5.97 Å². The number of aromatic nitrogens is 1. The van der Waals surface area contributed by atoms with E-state index >= 15 is 28.8 Å². The fourth-order valence-electron chi connectivity index (χ4n) is 13.1. The van der Waals surface area contributed by atoms with Gasteiger partial charge in [0.25, 0.3) is 0 Å². The second-order valence-electron chi connectivity index (χ2n) is 29.9. The number of ether oxygens (including phenoxy) is 1. The zero-order valence-electron chi connectivity index (χ0n) is 68.6. The van der Waals surface area contributed by atoms with Gasteiger partial charge in [-0.25, -0.2) is 0 Å². The minimum absolute atomic E-state index is 0.100. The third-order valence-electron chi connectivity index (χ3n) is 19.8. The number of nitrogens with one attached hydrogen (secondary N) is 14. The number of para-hydroxylation sites is 1. The number of aliphatic carboxylic acids is 1. The van der Waals surface area contributed by atoms with E-state index in [1.165, 1.54) is 20.0 Å². The van der Waals surface area contributed by atoms with E-state index in [4.69, 9.17) is 39.1 Å². The van der Waals surface area contributed by atoms with E-state index in [9.17, 15) is 67.7 Å². The van der Waals surface area contributed by atoms with Gasteiger partial charge in [-0.05, 0) is 130 Å². The summed E-state index contributed by atoms with van der Waals surface area (Å²) in [6.07, 6.45) is -5.66. The van der Waals surface area contributed by atoms with Crippen LogP contribution in [-0.4, -0.2) is 238 Å². The fraction of sp³-hybridized carbons (Fsp3) is 0.481. The minimum Gasteiger partial charge on any atom is -0.492 e. The Morgan fingerprint density at radius 2 is 1.20 bits per heavy atom. The number of aliphatic hydroxyl groups is 1. The molecule has 1 saturated heterocycles. The largest absolute Gasteiger partial charge is 0.492 e. The summed E-state index contributed by atoms with van der Waals surface area (Å²) in [5.41, 5.74) is 33.4. The summed E-state index contributed by atoms with van der Waals surface area (Å²) in [6, 6.07) is 7.95. The molecule has 17 amide bonds. The van der Waals surface area contributed by atoms with E-state index in [1.807, 2.05) is 6.07 Å². The van der Waals surface area contributed by atoms with Gasteiger partial charge in [-0.2, -0.15) is 11.8 Å². The van der Waals surface area contributed by atoms with Crippen LogP contribution in [0.3, 0.4) is 0 Å². The molecule has 4 aromatic carbocycles. The number of primary amides is 4. The molecule has 1 aliphatic heterocycles. The van der Waals surface area contributed by atoms with E-state index < -0.39 is 243 Å². The number of carboxylic acids is 1. The third kappa shape index (κ3) is 33.6. The lowest BCUT2D eigenvalue weighted by atomic mass is 9.91. The molecule has 5 aromatic rings. The van der Waals surface area contributed by atoms with Gasteiger partial charge in [0, 0.05) is 81.4 Å². The van der Waals surface area contributed by atoms with Crippen LogP contribution in [0, 0.1) is 0 Å². The Labute approximate surface area is 712 Å². The topological polar surface area (TPSA) is 685 Å². The average Bonchev–Trinajstić information content (AvgIpc) is 1.79. The predicted molar refractivity (Wildman–Crippen MR) is 449 cm³/mol. The van der Waals surface area contributed by atoms with Gasteiger partial charge < -0.3 is 123 Å². The average molecular weight is 1730 g/mol. The van der Waals surface area contributed by atoms with E-state index in [1.54, 1.807) is 84.9 Å². The molecule has 0 bridgehead atoms. The summed E-state index contributed by atoms with van der Waals surface area (Å²) in [5, 5.41) is 55.9. The van der Waals surface area contributed by atoms with Crippen molar-refractivity contribution >= 4 is 140 Å². The molecule has 0 radical (unpaired) electrons. The Morgan fingerprint density at radius 3 is 1.85 bits per heavy atom. The number of H-pyrrole nitrogens is 1. The molecule has 41 nitrogen and oxygen atoms in total. The number of hydrogen-bond acceptors (Lipinski definition) is 23. The standard InChI is InChI=1S/C81H112N20O21S/c1-44(102)69-79(120)97-60(39-50-41-89-53-15-7-6-14-52(50)53)76(117)93-55(23-25-63(84)104)72(113)98-62(43-123-35-29-57(91-67(108)27-28-68(109)110)73(114)92-56(74(115)100-69)24-26-64(85)105)77(118)94-58(37-46-18-21-51(22-19-46)122-34-32-83)75(116)95-59(38-47-17-20-48-12-4-5-13-49(48)36-47)78(119)101-81(3,30-9-10-31-82)80(121)99-54(16-8-11-33-88-45(2)103)71(112)96-61(40-65(86)106)70(111)90-42-66(87)107/h4-7,12-15,17-22,36,41,44,54-62,69,89,102H,8-11,16,23-35,37-40,42-43,82-83H2,1-3H3,(H2,84,104)(H2,85,105)(H2,86,106)(H2,87,107)(H,88,103)(H,90,111)(H,91,108)(H,92,114)(H,93,117)(H,94,118)(H,95,116)(H,96,112)(H,97,120)(H,98,113)(H,99,121)(H,100,115)(H,101,119)(H,109,110)/t44-,54+,55+,56+,57+,58+,59+,60+,61+,62+,69+,81+/m1/s1. The van der Waals surface area contributed by atoms with Crippen molar-refractivity contribution in [1.29, 1.82) is 0 Å². The van der Waals surface area contributed by atoms with Crippen LogP contribution in [0.2, 0.25) is 0 Å². The molecule has 1 fully saturated rings. The second-order valence-corrected chi connectivity index (χ2v) is 31.1. The first kappa shape index (κ1) is 99.0. The normalized spacial score (nSPS) is 18.5. The van der Waals surface area contributed by atoms with E-state index in [-0.39, 0.29) is 89.3 Å². The maximum Gasteiger partial charge on any atom is 0.303 e. The van der Waals surface area contributed by atoms with Crippen molar-refractivity contribution < 1.29 is 101 Å². The van der Waals surface area contributed by atoms with Gasteiger partial charge in [0.15, 0.2) is 0 Å². The Morgan fingerprint density at radius 1 is 0.593 bits per heavy atom. The van der Waals surface area contributed by atoms with Gasteiger partial charge in [0.1, 0.15) is 78.3 Å². The molecule has 0 unspecified atom stereocenters. The number of nitrogens with two attached hydrogens (primary N) is 6. The highest BCUT2D eigenvalue weighted by Gasteiger charge is 2.42. The molecule has 668 valence electrons. The maximum absolute atomic E-state index is 15.8. The van der Waals surface area contributed by atoms with Crippen molar-refractivity contribution in [3.05, 3.63) is 114 Å². The van der Waals surface area contributed by atoms with Gasteiger partial charge in [-0.3, -0.25) is 86.3 Å². The van der Waals surface area contributed by atoms with Gasteiger partial charge in [0.2, 0.25) is 100 Å². The van der Waals surface area contributed by atoms with Crippen LogP contribution in [0.1, 0.15) is 127 Å². The number of thioether (sulfide) groups is 1. The predicted octanol–water partition coefficient (Wildman–Crippen LogP) is -4.76. The summed E-state index contributed by atoms with van der Waals surface area (Å²) < 4.78 is 5.73. The van der Waals surface area contributed by atoms with E-state index in [2.05, 4.69) is 74.1 Å². The summed E-state index contributed by atoms with van der Waals surface area (Å²) in [5.74, 6) is -19.1. The lowest BCUT2D eigenvalue weighted by Crippen LogP contribution is -2.64. The monoisotopic (exact) mass is 1730 g/mol. The molecule has 6 rings (SSSR count). The lowest BCUT2D eigenvalue weighted by Gasteiger charge is -2.34. The number of benzene rings is 4. The van der Waals surface area contributed by atoms with Crippen molar-refractivity contribution in [2.45, 2.75) is 202 Å². The number of rotatable bonds is 44. The highest BCUT2D eigenvalue weighted by molar-refractivity contribution is 7.99. The van der Waals surface area contributed by atoms with Crippen LogP contribution in [0.4, 0.5) is 0 Å². The SMILES string of the molecule is CC(=O)NCCCC[C@H](NC(=O)[C@](C)(CCCCN)NC(=O)[C@H](Cc1ccc2ccccc2c1)NC(=O)[C@H](Cc1ccc(OCCN)cc1)NC(=O)[C@@H]1CSCC[C@H](NC(=O)CCC(=O)O)C(=O)N[C@@H](CCC(N)=O)C(=O)N[C@@H]([C@@H](C)O)C(=O)N[C@@H](Cc2c[nH]c3ccccc23)C(=O)N[C@@H](CCC(N)=O)C(=O)N1)C(=O)N[C@@H](CC(N)=O)C(=O)NCC(N)=O. The van der Waals surface area contributed by atoms with Crippen molar-refractivity contribution in [3.8, 4) is 5.75 Å². The molecule has 0 saturated carbocycles. The fourth-order valence-corrected chi connectivity index (χ4v) is 14.2. The molecule has 2 heterocycles. The summed E-state index contributed by atoms with van der Waals surface area (Å²) in [7, 11) is 0. The number of aromatic amines is 1. The van der Waals surface area contributed by atoms with Gasteiger partial charge in [-0.15, -0.1) is 0 Å². The lowest BCUT2D eigenvalue weighted by molar-refractivity contribution is -0.139. The van der Waals surface area contributed by atoms with Crippen LogP contribution in [0.5, 0.6) is 5.75 Å². The third-order valence-corrected chi connectivity index (χ3v) is 20.9. The number of amides is 17. The molecule has 28 N–H and O–H groups in total. The molecular weight excluding hydrogens is 1620 g/mol. The van der Waals surface area contributed by atoms with E-state index in [0.29, 0.717) is 38.7 Å². The Balaban J connectivity index is 1.49. The molecule has 42 heteroatoms. The number of carbonyl (C=O) groups excluding carboxylic acids is 17.